The van der Waals surface area contributed by atoms with Gasteiger partial charge in [-0.25, -0.2) is 0 Å². The van der Waals surface area contributed by atoms with E-state index in [1.54, 1.807) is 44.7 Å². The Morgan fingerprint density at radius 3 is 2.78 bits per heavy atom. The molecule has 1 unspecified atom stereocenters. The van der Waals surface area contributed by atoms with E-state index in [0.717, 1.165) is 4.70 Å². The van der Waals surface area contributed by atoms with Crippen molar-refractivity contribution in [1.82, 2.24) is 4.57 Å². The standard InChI is InChI=1S/C17H17NO4S/c1-21-11-3-4-15(22-2)13(9-11)14(19)10-18-7-5-16-12(17(18)20)6-8-23-16/h3-9,14,19H,10H2,1-2H3. The number of hydrogen-bond donors (Lipinski definition) is 1. The van der Waals surface area contributed by atoms with E-state index in [2.05, 4.69) is 0 Å². The van der Waals surface area contributed by atoms with Gasteiger partial charge in [-0.1, -0.05) is 0 Å². The van der Waals surface area contributed by atoms with Gasteiger partial charge in [-0.15, -0.1) is 11.3 Å². The van der Waals surface area contributed by atoms with Crippen LogP contribution in [0, 0.1) is 0 Å². The summed E-state index contributed by atoms with van der Waals surface area (Å²) in [5.74, 6) is 1.18. The molecule has 0 aliphatic carbocycles. The van der Waals surface area contributed by atoms with Crippen LogP contribution in [-0.4, -0.2) is 23.9 Å². The van der Waals surface area contributed by atoms with E-state index in [-0.39, 0.29) is 12.1 Å². The largest absolute Gasteiger partial charge is 0.497 e. The maximum atomic E-state index is 12.4. The predicted octanol–water partition coefficient (Wildman–Crippen LogP) is 2.81. The summed E-state index contributed by atoms with van der Waals surface area (Å²) in [6.07, 6.45) is 0.825. The van der Waals surface area contributed by atoms with Gasteiger partial charge in [0, 0.05) is 16.5 Å². The van der Waals surface area contributed by atoms with Crippen molar-refractivity contribution in [3.8, 4) is 11.5 Å². The van der Waals surface area contributed by atoms with Crippen LogP contribution in [0.4, 0.5) is 0 Å². The Labute approximate surface area is 137 Å². The van der Waals surface area contributed by atoms with Crippen LogP contribution in [0.5, 0.6) is 11.5 Å². The lowest BCUT2D eigenvalue weighted by Crippen LogP contribution is -2.22. The maximum absolute atomic E-state index is 12.4. The number of nitrogens with zero attached hydrogens (tertiary/aromatic N) is 1. The first kappa shape index (κ1) is 15.6. The molecule has 0 spiro atoms. The predicted molar refractivity (Wildman–Crippen MR) is 90.6 cm³/mol. The van der Waals surface area contributed by atoms with Gasteiger partial charge < -0.3 is 19.1 Å². The van der Waals surface area contributed by atoms with Crippen LogP contribution in [0.3, 0.4) is 0 Å². The number of hydrogen-bond acceptors (Lipinski definition) is 5. The van der Waals surface area contributed by atoms with Gasteiger partial charge >= 0.3 is 0 Å². The molecule has 0 aliphatic rings. The number of benzene rings is 1. The van der Waals surface area contributed by atoms with Crippen molar-refractivity contribution in [3.05, 3.63) is 57.8 Å². The molecule has 3 rings (SSSR count). The van der Waals surface area contributed by atoms with E-state index >= 15 is 0 Å². The minimum absolute atomic E-state index is 0.107. The van der Waals surface area contributed by atoms with Crippen molar-refractivity contribution in [3.63, 3.8) is 0 Å². The van der Waals surface area contributed by atoms with E-state index in [1.807, 2.05) is 11.4 Å². The van der Waals surface area contributed by atoms with Crippen molar-refractivity contribution < 1.29 is 14.6 Å². The Bertz CT molecular complexity index is 884. The number of aliphatic hydroxyl groups excluding tert-OH is 1. The van der Waals surface area contributed by atoms with Gasteiger partial charge in [0.2, 0.25) is 0 Å². The third-order valence-electron chi connectivity index (χ3n) is 3.76. The zero-order chi connectivity index (χ0) is 16.4. The van der Waals surface area contributed by atoms with Crippen molar-refractivity contribution in [2.45, 2.75) is 12.6 Å². The van der Waals surface area contributed by atoms with Crippen LogP contribution in [0.15, 0.2) is 46.7 Å². The summed E-state index contributed by atoms with van der Waals surface area (Å²) < 4.78 is 12.9. The Morgan fingerprint density at radius 2 is 2.04 bits per heavy atom. The third kappa shape index (κ3) is 2.95. The van der Waals surface area contributed by atoms with Crippen LogP contribution in [0.25, 0.3) is 10.1 Å². The Hall–Kier alpha value is -2.31. The van der Waals surface area contributed by atoms with E-state index < -0.39 is 6.10 Å². The summed E-state index contributed by atoms with van der Waals surface area (Å²) in [6, 6.07) is 8.91. The van der Waals surface area contributed by atoms with Crippen molar-refractivity contribution in [1.29, 1.82) is 0 Å². The van der Waals surface area contributed by atoms with E-state index in [1.165, 1.54) is 15.9 Å². The average molecular weight is 331 g/mol. The highest BCUT2D eigenvalue weighted by Crippen LogP contribution is 2.30. The Kier molecular flexibility index (Phi) is 4.36. The minimum atomic E-state index is -0.881. The molecule has 0 amide bonds. The first-order chi connectivity index (χ1) is 11.1. The van der Waals surface area contributed by atoms with E-state index in [9.17, 15) is 9.90 Å². The number of rotatable bonds is 5. The van der Waals surface area contributed by atoms with Crippen LogP contribution in [-0.2, 0) is 6.54 Å². The fourth-order valence-electron chi connectivity index (χ4n) is 2.54. The molecule has 0 aliphatic heterocycles. The molecule has 0 fully saturated rings. The summed E-state index contributed by atoms with van der Waals surface area (Å²) in [5.41, 5.74) is 0.480. The number of fused-ring (bicyclic) bond motifs is 1. The summed E-state index contributed by atoms with van der Waals surface area (Å²) in [7, 11) is 3.11. The molecule has 0 saturated heterocycles. The van der Waals surface area contributed by atoms with Crippen LogP contribution < -0.4 is 15.0 Å². The van der Waals surface area contributed by atoms with Crippen molar-refractivity contribution in [2.24, 2.45) is 0 Å². The van der Waals surface area contributed by atoms with E-state index in [4.69, 9.17) is 9.47 Å². The number of aromatic nitrogens is 1. The van der Waals surface area contributed by atoms with Crippen LogP contribution in [0.1, 0.15) is 11.7 Å². The summed E-state index contributed by atoms with van der Waals surface area (Å²) >= 11 is 1.52. The number of ether oxygens (including phenoxy) is 2. The SMILES string of the molecule is COc1ccc(OC)c(C(O)Cn2ccc3sccc3c2=O)c1. The first-order valence-electron chi connectivity index (χ1n) is 7.10. The zero-order valence-corrected chi connectivity index (χ0v) is 13.7. The second-order valence-electron chi connectivity index (χ2n) is 5.10. The highest BCUT2D eigenvalue weighted by molar-refractivity contribution is 7.17. The molecular formula is C17H17NO4S. The summed E-state index contributed by atoms with van der Waals surface area (Å²) in [5, 5.41) is 13.1. The highest BCUT2D eigenvalue weighted by Gasteiger charge is 2.16. The first-order valence-corrected chi connectivity index (χ1v) is 7.98. The van der Waals surface area contributed by atoms with Gasteiger partial charge in [-0.3, -0.25) is 4.79 Å². The van der Waals surface area contributed by atoms with Gasteiger partial charge in [0.15, 0.2) is 0 Å². The third-order valence-corrected chi connectivity index (χ3v) is 4.64. The molecule has 1 atom stereocenters. The van der Waals surface area contributed by atoms with Gasteiger partial charge in [-0.2, -0.15) is 0 Å². The number of thiophene rings is 1. The lowest BCUT2D eigenvalue weighted by Gasteiger charge is -2.17. The highest BCUT2D eigenvalue weighted by atomic mass is 32.1. The molecule has 5 nitrogen and oxygen atoms in total. The second-order valence-corrected chi connectivity index (χ2v) is 6.04. The fourth-order valence-corrected chi connectivity index (χ4v) is 3.31. The molecule has 2 heterocycles. The van der Waals surface area contributed by atoms with Crippen molar-refractivity contribution >= 4 is 21.4 Å². The summed E-state index contributed by atoms with van der Waals surface area (Å²) in [4.78, 5) is 12.4. The normalized spacial score (nSPS) is 12.3. The van der Waals surface area contributed by atoms with Gasteiger partial charge in [-0.05, 0) is 35.7 Å². The lowest BCUT2D eigenvalue weighted by atomic mass is 10.1. The Balaban J connectivity index is 1.95. The monoisotopic (exact) mass is 331 g/mol. The molecule has 23 heavy (non-hydrogen) atoms. The minimum Gasteiger partial charge on any atom is -0.497 e. The lowest BCUT2D eigenvalue weighted by molar-refractivity contribution is 0.151. The quantitative estimate of drug-likeness (QED) is 0.781. The number of pyridine rings is 1. The van der Waals surface area contributed by atoms with Crippen LogP contribution >= 0.6 is 11.3 Å². The smallest absolute Gasteiger partial charge is 0.259 e. The molecule has 1 aromatic carbocycles. The molecule has 0 saturated carbocycles. The molecule has 3 aromatic rings. The average Bonchev–Trinajstić information content (AvgIpc) is 3.06. The fraction of sp³-hybridized carbons (Fsp3) is 0.235. The van der Waals surface area contributed by atoms with E-state index in [0.29, 0.717) is 22.4 Å². The molecule has 120 valence electrons. The molecule has 1 N–H and O–H groups in total. The number of methoxy groups -OCH3 is 2. The van der Waals surface area contributed by atoms with Gasteiger partial charge in [0.25, 0.3) is 5.56 Å². The van der Waals surface area contributed by atoms with Gasteiger partial charge in [0.1, 0.15) is 17.6 Å². The Morgan fingerprint density at radius 1 is 1.22 bits per heavy atom. The zero-order valence-electron chi connectivity index (χ0n) is 12.9. The second kappa shape index (κ2) is 6.44. The molecule has 0 radical (unpaired) electrons. The topological polar surface area (TPSA) is 60.7 Å². The number of aliphatic hydroxyl groups is 1. The molecule has 6 heteroatoms. The van der Waals surface area contributed by atoms with Crippen LogP contribution in [0.2, 0.25) is 0 Å². The molecular weight excluding hydrogens is 314 g/mol. The maximum Gasteiger partial charge on any atom is 0.259 e. The molecule has 2 aromatic heterocycles. The summed E-state index contributed by atoms with van der Waals surface area (Å²) in [6.45, 7) is 0.147. The van der Waals surface area contributed by atoms with Crippen molar-refractivity contribution in [2.75, 3.05) is 14.2 Å². The molecule has 0 bridgehead atoms. The van der Waals surface area contributed by atoms with Gasteiger partial charge in [0.05, 0.1) is 26.2 Å².